The predicted molar refractivity (Wildman–Crippen MR) is 88.4 cm³/mol. The van der Waals surface area contributed by atoms with E-state index < -0.39 is 0 Å². The molecule has 0 amide bonds. The van der Waals surface area contributed by atoms with Crippen molar-refractivity contribution in [1.82, 2.24) is 4.90 Å². The molecule has 0 bridgehead atoms. The second-order valence-electron chi connectivity index (χ2n) is 6.22. The van der Waals surface area contributed by atoms with Crippen molar-refractivity contribution in [3.8, 4) is 0 Å². The summed E-state index contributed by atoms with van der Waals surface area (Å²) in [6.45, 7) is 1.06. The Morgan fingerprint density at radius 2 is 1.24 bits per heavy atom. The predicted octanol–water partition coefficient (Wildman–Crippen LogP) is 3.01. The zero-order valence-electron chi connectivity index (χ0n) is 13.0. The molecular weight excluding hydrogens is 258 g/mol. The van der Waals surface area contributed by atoms with Crippen LogP contribution in [0.4, 0.5) is 0 Å². The molecule has 0 spiro atoms. The van der Waals surface area contributed by atoms with Gasteiger partial charge in [-0.05, 0) is 38.1 Å². The monoisotopic (exact) mass is 283 g/mol. The molecule has 0 aliphatic rings. The van der Waals surface area contributed by atoms with Crippen LogP contribution in [0, 0.1) is 5.41 Å². The maximum atomic E-state index is 10.1. The molecule has 0 saturated carbocycles. The summed E-state index contributed by atoms with van der Waals surface area (Å²) in [6, 6.07) is 20.9. The number of hydrogen-bond acceptors (Lipinski definition) is 2. The second kappa shape index (κ2) is 7.39. The minimum atomic E-state index is -0.147. The fourth-order valence-corrected chi connectivity index (χ4v) is 3.06. The summed E-state index contributed by atoms with van der Waals surface area (Å²) in [5.74, 6) is 0. The van der Waals surface area contributed by atoms with E-state index in [2.05, 4.69) is 67.5 Å². The Morgan fingerprint density at radius 1 is 0.810 bits per heavy atom. The van der Waals surface area contributed by atoms with Gasteiger partial charge in [-0.15, -0.1) is 0 Å². The van der Waals surface area contributed by atoms with Crippen LogP contribution in [-0.4, -0.2) is 37.3 Å². The Labute approximate surface area is 128 Å². The van der Waals surface area contributed by atoms with Gasteiger partial charge >= 0.3 is 0 Å². The Balaban J connectivity index is 2.24. The van der Waals surface area contributed by atoms with E-state index in [-0.39, 0.29) is 12.0 Å². The lowest BCUT2D eigenvalue weighted by Gasteiger charge is -2.35. The van der Waals surface area contributed by atoms with Gasteiger partial charge in [0.2, 0.25) is 0 Å². The Hall–Kier alpha value is -1.64. The van der Waals surface area contributed by atoms with Gasteiger partial charge in [0.25, 0.3) is 0 Å². The number of hydrogen-bond donors (Lipinski definition) is 1. The third-order valence-electron chi connectivity index (χ3n) is 3.83. The fraction of sp³-hybridized carbons (Fsp3) is 0.368. The summed E-state index contributed by atoms with van der Waals surface area (Å²) in [6.07, 6.45) is 1.77. The van der Waals surface area contributed by atoms with Crippen molar-refractivity contribution in [3.63, 3.8) is 0 Å². The summed E-state index contributed by atoms with van der Waals surface area (Å²) >= 11 is 0. The molecule has 0 fully saturated rings. The van der Waals surface area contributed by atoms with Gasteiger partial charge in [0.15, 0.2) is 0 Å². The maximum Gasteiger partial charge on any atom is 0.0506 e. The molecule has 0 atom stereocenters. The SMILES string of the molecule is CN(C)CC(CO)(Cc1ccccc1)Cc1ccccc1. The molecule has 0 aromatic heterocycles. The smallest absolute Gasteiger partial charge is 0.0506 e. The highest BCUT2D eigenvalue weighted by Gasteiger charge is 2.30. The molecule has 2 nitrogen and oxygen atoms in total. The van der Waals surface area contributed by atoms with Crippen LogP contribution in [0.3, 0.4) is 0 Å². The van der Waals surface area contributed by atoms with E-state index in [1.54, 1.807) is 0 Å². The van der Waals surface area contributed by atoms with E-state index in [1.807, 2.05) is 12.1 Å². The van der Waals surface area contributed by atoms with E-state index >= 15 is 0 Å². The van der Waals surface area contributed by atoms with Gasteiger partial charge in [-0.1, -0.05) is 60.7 Å². The molecule has 0 aliphatic carbocycles. The standard InChI is InChI=1S/C19H25NO/c1-20(2)15-19(16-21,13-17-9-5-3-6-10-17)14-18-11-7-4-8-12-18/h3-12,21H,13-16H2,1-2H3. The summed E-state index contributed by atoms with van der Waals surface area (Å²) in [4.78, 5) is 2.17. The highest BCUT2D eigenvalue weighted by atomic mass is 16.3. The van der Waals surface area contributed by atoms with Gasteiger partial charge in [0.05, 0.1) is 6.61 Å². The molecule has 21 heavy (non-hydrogen) atoms. The van der Waals surface area contributed by atoms with Crippen molar-refractivity contribution in [3.05, 3.63) is 71.8 Å². The van der Waals surface area contributed by atoms with Gasteiger partial charge in [-0.2, -0.15) is 0 Å². The molecule has 2 aromatic rings. The third kappa shape index (κ3) is 4.69. The summed E-state index contributed by atoms with van der Waals surface area (Å²) < 4.78 is 0. The highest BCUT2D eigenvalue weighted by molar-refractivity contribution is 5.21. The average Bonchev–Trinajstić information content (AvgIpc) is 2.48. The first-order chi connectivity index (χ1) is 10.1. The number of nitrogens with zero attached hydrogens (tertiary/aromatic N) is 1. The van der Waals surface area contributed by atoms with Crippen molar-refractivity contribution in [1.29, 1.82) is 0 Å². The number of aliphatic hydroxyl groups excluding tert-OH is 1. The second-order valence-corrected chi connectivity index (χ2v) is 6.22. The van der Waals surface area contributed by atoms with Crippen molar-refractivity contribution >= 4 is 0 Å². The Kier molecular flexibility index (Phi) is 5.54. The van der Waals surface area contributed by atoms with Gasteiger partial charge in [0.1, 0.15) is 0 Å². The van der Waals surface area contributed by atoms with Gasteiger partial charge in [-0.25, -0.2) is 0 Å². The molecule has 0 saturated heterocycles. The van der Waals surface area contributed by atoms with Crippen molar-refractivity contribution in [2.75, 3.05) is 27.2 Å². The molecule has 112 valence electrons. The van der Waals surface area contributed by atoms with Crippen molar-refractivity contribution in [2.45, 2.75) is 12.8 Å². The topological polar surface area (TPSA) is 23.5 Å². The molecule has 0 unspecified atom stereocenters. The van der Waals surface area contributed by atoms with Gasteiger partial charge < -0.3 is 10.0 Å². The summed E-state index contributed by atoms with van der Waals surface area (Å²) in [5.41, 5.74) is 2.42. The quantitative estimate of drug-likeness (QED) is 0.844. The van der Waals surface area contributed by atoms with Crippen LogP contribution in [0.2, 0.25) is 0 Å². The molecule has 0 aliphatic heterocycles. The fourth-order valence-electron chi connectivity index (χ4n) is 3.06. The molecule has 0 heterocycles. The van der Waals surface area contributed by atoms with Crippen LogP contribution < -0.4 is 0 Å². The first-order valence-corrected chi connectivity index (χ1v) is 7.47. The van der Waals surface area contributed by atoms with Crippen molar-refractivity contribution in [2.24, 2.45) is 5.41 Å². The zero-order chi connectivity index (χ0) is 15.1. The van der Waals surface area contributed by atoms with Crippen LogP contribution in [0.15, 0.2) is 60.7 Å². The molecule has 1 N–H and O–H groups in total. The molecule has 0 radical (unpaired) electrons. The summed E-state index contributed by atoms with van der Waals surface area (Å²) in [5, 5.41) is 10.1. The van der Waals surface area contributed by atoms with Crippen LogP contribution >= 0.6 is 0 Å². The minimum Gasteiger partial charge on any atom is -0.396 e. The highest BCUT2D eigenvalue weighted by Crippen LogP contribution is 2.28. The van der Waals surface area contributed by atoms with Crippen molar-refractivity contribution < 1.29 is 5.11 Å². The van der Waals surface area contributed by atoms with Gasteiger partial charge in [-0.3, -0.25) is 0 Å². The van der Waals surface area contributed by atoms with E-state index in [0.29, 0.717) is 0 Å². The zero-order valence-corrected chi connectivity index (χ0v) is 13.0. The molecule has 2 aromatic carbocycles. The third-order valence-corrected chi connectivity index (χ3v) is 3.83. The Morgan fingerprint density at radius 3 is 1.57 bits per heavy atom. The largest absolute Gasteiger partial charge is 0.396 e. The lowest BCUT2D eigenvalue weighted by molar-refractivity contribution is 0.0915. The van der Waals surface area contributed by atoms with Gasteiger partial charge in [0, 0.05) is 12.0 Å². The van der Waals surface area contributed by atoms with E-state index in [1.165, 1.54) is 11.1 Å². The van der Waals surface area contributed by atoms with Crippen LogP contribution in [0.1, 0.15) is 11.1 Å². The first kappa shape index (κ1) is 15.7. The molecule has 2 rings (SSSR count). The summed E-state index contributed by atoms with van der Waals surface area (Å²) in [7, 11) is 4.14. The Bertz CT molecular complexity index is 480. The van der Waals surface area contributed by atoms with E-state index in [0.717, 1.165) is 19.4 Å². The lowest BCUT2D eigenvalue weighted by Crippen LogP contribution is -2.40. The first-order valence-electron chi connectivity index (χ1n) is 7.47. The van der Waals surface area contributed by atoms with E-state index in [4.69, 9.17) is 0 Å². The number of aliphatic hydroxyl groups is 1. The maximum absolute atomic E-state index is 10.1. The van der Waals surface area contributed by atoms with Crippen LogP contribution in [0.25, 0.3) is 0 Å². The van der Waals surface area contributed by atoms with E-state index in [9.17, 15) is 5.11 Å². The number of rotatable bonds is 7. The average molecular weight is 283 g/mol. The molecular formula is C19H25NO. The minimum absolute atomic E-state index is 0.147. The van der Waals surface area contributed by atoms with Crippen LogP contribution in [0.5, 0.6) is 0 Å². The number of benzene rings is 2. The van der Waals surface area contributed by atoms with Crippen LogP contribution in [-0.2, 0) is 12.8 Å². The lowest BCUT2D eigenvalue weighted by atomic mass is 9.76. The molecule has 2 heteroatoms. The normalized spacial score (nSPS) is 11.8.